The molecule has 1 radical (unpaired) electrons. The molecule has 0 aromatic carbocycles. The summed E-state index contributed by atoms with van der Waals surface area (Å²) in [6.07, 6.45) is -0.685. The van der Waals surface area contributed by atoms with Crippen molar-refractivity contribution in [2.45, 2.75) is 39.5 Å². The first-order chi connectivity index (χ1) is 5.78. The van der Waals surface area contributed by atoms with Crippen LogP contribution in [0.3, 0.4) is 0 Å². The molecule has 0 saturated heterocycles. The molecule has 4 nitrogen and oxygen atoms in total. The third kappa shape index (κ3) is 4.85. The van der Waals surface area contributed by atoms with E-state index in [9.17, 15) is 4.79 Å². The molecule has 0 aliphatic carbocycles. The lowest BCUT2D eigenvalue weighted by Gasteiger charge is -2.23. The van der Waals surface area contributed by atoms with Crippen LogP contribution in [0.25, 0.3) is 0 Å². The van der Waals surface area contributed by atoms with E-state index in [1.807, 2.05) is 0 Å². The van der Waals surface area contributed by atoms with Crippen molar-refractivity contribution in [2.24, 2.45) is 5.73 Å². The Morgan fingerprint density at radius 1 is 1.38 bits per heavy atom. The fraction of sp³-hybridized carbons (Fsp3) is 0.778. The first-order valence-electron chi connectivity index (χ1n) is 4.13. The third-order valence-corrected chi connectivity index (χ3v) is 1.40. The molecule has 2 N–H and O–H groups in total. The molecule has 0 spiro atoms. The van der Waals surface area contributed by atoms with E-state index in [-0.39, 0.29) is 0 Å². The molecule has 0 amide bonds. The number of carbonyl (C=O) groups is 1. The molecular formula is C9H18NO3. The van der Waals surface area contributed by atoms with E-state index in [1.54, 1.807) is 27.7 Å². The van der Waals surface area contributed by atoms with Gasteiger partial charge in [0.2, 0.25) is 0 Å². The van der Waals surface area contributed by atoms with Crippen LogP contribution in [-0.2, 0) is 14.3 Å². The molecule has 1 unspecified atom stereocenters. The van der Waals surface area contributed by atoms with Gasteiger partial charge < -0.3 is 15.2 Å². The monoisotopic (exact) mass is 188 g/mol. The summed E-state index contributed by atoms with van der Waals surface area (Å²) in [6, 6.07) is 0. The Kier molecular flexibility index (Phi) is 4.36. The van der Waals surface area contributed by atoms with Crippen LogP contribution in [0, 0.1) is 5.92 Å². The van der Waals surface area contributed by atoms with Gasteiger partial charge in [0.05, 0.1) is 0 Å². The van der Waals surface area contributed by atoms with Crippen molar-refractivity contribution in [2.75, 3.05) is 7.11 Å². The summed E-state index contributed by atoms with van der Waals surface area (Å²) < 4.78 is 9.87. The fourth-order valence-electron chi connectivity index (χ4n) is 0.652. The lowest BCUT2D eigenvalue weighted by molar-refractivity contribution is -0.154. The highest BCUT2D eigenvalue weighted by Crippen LogP contribution is 2.14. The van der Waals surface area contributed by atoms with Gasteiger partial charge in [0.25, 0.3) is 0 Å². The Morgan fingerprint density at radius 2 is 1.85 bits per heavy atom. The van der Waals surface area contributed by atoms with Crippen molar-refractivity contribution in [1.82, 2.24) is 0 Å². The average molecular weight is 188 g/mol. The van der Waals surface area contributed by atoms with Gasteiger partial charge in [0.1, 0.15) is 17.7 Å². The summed E-state index contributed by atoms with van der Waals surface area (Å²) in [5.74, 6) is -0.0423. The van der Waals surface area contributed by atoms with Crippen molar-refractivity contribution in [3.05, 3.63) is 5.92 Å². The van der Waals surface area contributed by atoms with E-state index in [0.717, 1.165) is 0 Å². The number of nitrogens with two attached hydrogens (primary N) is 1. The number of hydrogen-bond donors (Lipinski definition) is 1. The predicted octanol–water partition coefficient (Wildman–Crippen LogP) is 0.854. The van der Waals surface area contributed by atoms with E-state index in [4.69, 9.17) is 15.2 Å². The van der Waals surface area contributed by atoms with Gasteiger partial charge in [-0.2, -0.15) is 0 Å². The van der Waals surface area contributed by atoms with Gasteiger partial charge >= 0.3 is 5.97 Å². The summed E-state index contributed by atoms with van der Waals surface area (Å²) in [7, 11) is 1.44. The molecule has 0 heterocycles. The number of methoxy groups -OCH3 is 1. The lowest BCUT2D eigenvalue weighted by Crippen LogP contribution is -2.37. The smallest absolute Gasteiger partial charge is 0.317 e. The quantitative estimate of drug-likeness (QED) is 0.527. The molecule has 0 saturated carbocycles. The molecule has 0 aromatic rings. The molecule has 0 bridgehead atoms. The summed E-state index contributed by atoms with van der Waals surface area (Å²) in [5.41, 5.74) is 4.98. The molecule has 0 rings (SSSR count). The van der Waals surface area contributed by atoms with Gasteiger partial charge in [-0.3, -0.25) is 4.79 Å². The predicted molar refractivity (Wildman–Crippen MR) is 49.7 cm³/mol. The summed E-state index contributed by atoms with van der Waals surface area (Å²) >= 11 is 0. The van der Waals surface area contributed by atoms with Crippen LogP contribution >= 0.6 is 0 Å². The van der Waals surface area contributed by atoms with Crippen molar-refractivity contribution in [3.8, 4) is 0 Å². The van der Waals surface area contributed by atoms with Crippen LogP contribution in [0.2, 0.25) is 0 Å². The largest absolute Gasteiger partial charge is 0.459 e. The van der Waals surface area contributed by atoms with Crippen LogP contribution in [0.15, 0.2) is 0 Å². The van der Waals surface area contributed by atoms with Gasteiger partial charge in [-0.25, -0.2) is 0 Å². The van der Waals surface area contributed by atoms with Crippen molar-refractivity contribution in [1.29, 1.82) is 0 Å². The number of ether oxygens (including phenoxy) is 2. The Bertz CT molecular complexity index is 174. The number of hydrogen-bond acceptors (Lipinski definition) is 4. The summed E-state index contributed by atoms with van der Waals surface area (Å²) in [5, 5.41) is 0. The molecule has 0 aliphatic heterocycles. The third-order valence-electron chi connectivity index (χ3n) is 1.40. The van der Waals surface area contributed by atoms with E-state index in [1.165, 1.54) is 7.11 Å². The van der Waals surface area contributed by atoms with E-state index in [2.05, 4.69) is 0 Å². The lowest BCUT2D eigenvalue weighted by atomic mass is 10.1. The van der Waals surface area contributed by atoms with Crippen molar-refractivity contribution >= 4 is 5.97 Å². The molecule has 77 valence electrons. The minimum absolute atomic E-state index is 0.373. The molecular weight excluding hydrogens is 170 g/mol. The topological polar surface area (TPSA) is 61.5 Å². The Morgan fingerprint density at radius 3 is 2.15 bits per heavy atom. The second-order valence-corrected chi connectivity index (χ2v) is 3.84. The van der Waals surface area contributed by atoms with Crippen LogP contribution in [-0.4, -0.2) is 24.9 Å². The highest BCUT2D eigenvalue weighted by atomic mass is 16.6. The van der Waals surface area contributed by atoms with E-state index >= 15 is 0 Å². The van der Waals surface area contributed by atoms with E-state index < -0.39 is 17.8 Å². The first kappa shape index (κ1) is 12.4. The van der Waals surface area contributed by atoms with Crippen molar-refractivity contribution in [3.63, 3.8) is 0 Å². The number of carbonyl (C=O) groups excluding carboxylic acids is 1. The molecule has 1 atom stereocenters. The molecule has 4 heteroatoms. The van der Waals surface area contributed by atoms with Gasteiger partial charge in [-0.1, -0.05) is 0 Å². The zero-order valence-corrected chi connectivity index (χ0v) is 8.88. The van der Waals surface area contributed by atoms with Gasteiger partial charge in [0, 0.05) is 7.11 Å². The van der Waals surface area contributed by atoms with Crippen LogP contribution in [0.1, 0.15) is 27.7 Å². The minimum atomic E-state index is -0.685. The maximum atomic E-state index is 11.3. The number of esters is 1. The normalized spacial score (nSPS) is 14.4. The fourth-order valence-corrected chi connectivity index (χ4v) is 0.652. The zero-order chi connectivity index (χ0) is 10.6. The second kappa shape index (κ2) is 4.58. The van der Waals surface area contributed by atoms with Gasteiger partial charge in [-0.15, -0.1) is 0 Å². The average Bonchev–Trinajstić information content (AvgIpc) is 1.98. The second-order valence-electron chi connectivity index (χ2n) is 3.84. The first-order valence-corrected chi connectivity index (χ1v) is 4.13. The standard InChI is InChI=1S/C9H18NO3/c1-6(7(10)12-5)8(11)13-9(2,3)4/h7H,10H2,1-5H3. The SMILES string of the molecule is COC(N)[C](C)C(=O)OC(C)(C)C. The number of rotatable bonds is 3. The highest BCUT2D eigenvalue weighted by Gasteiger charge is 2.26. The summed E-state index contributed by atoms with van der Waals surface area (Å²) in [4.78, 5) is 11.3. The molecule has 0 aromatic heterocycles. The van der Waals surface area contributed by atoms with E-state index in [0.29, 0.717) is 5.92 Å². The Balaban J connectivity index is 4.12. The van der Waals surface area contributed by atoms with Gasteiger partial charge in [-0.05, 0) is 27.7 Å². The van der Waals surface area contributed by atoms with Crippen LogP contribution in [0.4, 0.5) is 0 Å². The Hall–Kier alpha value is -0.610. The van der Waals surface area contributed by atoms with Crippen molar-refractivity contribution < 1.29 is 14.3 Å². The minimum Gasteiger partial charge on any atom is -0.459 e. The molecule has 0 fully saturated rings. The zero-order valence-electron chi connectivity index (χ0n) is 8.88. The van der Waals surface area contributed by atoms with Gasteiger partial charge in [0.15, 0.2) is 0 Å². The maximum absolute atomic E-state index is 11.3. The van der Waals surface area contributed by atoms with Crippen LogP contribution in [0.5, 0.6) is 0 Å². The van der Waals surface area contributed by atoms with Crippen LogP contribution < -0.4 is 5.73 Å². The summed E-state index contributed by atoms with van der Waals surface area (Å²) in [6.45, 7) is 7.01. The molecule has 0 aliphatic rings. The maximum Gasteiger partial charge on any atom is 0.317 e. The highest BCUT2D eigenvalue weighted by molar-refractivity contribution is 5.85. The molecule has 13 heavy (non-hydrogen) atoms. The Labute approximate surface area is 79.4 Å².